The van der Waals surface area contributed by atoms with Crippen molar-refractivity contribution in [2.75, 3.05) is 18.4 Å². The number of hydrogen-bond acceptors (Lipinski definition) is 6. The Morgan fingerprint density at radius 2 is 2.07 bits per heavy atom. The first-order chi connectivity index (χ1) is 12.8. The molecule has 1 amide bonds. The van der Waals surface area contributed by atoms with Crippen LogP contribution in [0.25, 0.3) is 0 Å². The number of likely N-dealkylation sites (tertiary alicyclic amines) is 1. The van der Waals surface area contributed by atoms with E-state index < -0.39 is 11.7 Å². The molecule has 1 aliphatic rings. The van der Waals surface area contributed by atoms with E-state index in [1.54, 1.807) is 0 Å². The lowest BCUT2D eigenvalue weighted by Gasteiger charge is -2.18. The van der Waals surface area contributed by atoms with Gasteiger partial charge < -0.3 is 9.84 Å². The fraction of sp³-hybridized carbons (Fsp3) is 0.500. The number of hydrogen-bond donors (Lipinski definition) is 2. The summed E-state index contributed by atoms with van der Waals surface area (Å²) < 4.78 is 5.24. The molecule has 2 atom stereocenters. The normalized spacial score (nSPS) is 20.6. The molecule has 1 aliphatic heterocycles. The molecule has 0 aliphatic carbocycles. The second-order valence-corrected chi connectivity index (χ2v) is 8.84. The van der Waals surface area contributed by atoms with E-state index in [2.05, 4.69) is 27.3 Å². The van der Waals surface area contributed by atoms with Crippen LogP contribution in [0.15, 0.2) is 35.7 Å². The molecule has 1 aromatic heterocycles. The van der Waals surface area contributed by atoms with Crippen molar-refractivity contribution in [2.45, 2.75) is 45.4 Å². The molecule has 0 spiro atoms. The largest absolute Gasteiger partial charge is 0.444 e. The summed E-state index contributed by atoms with van der Waals surface area (Å²) in [5, 5.41) is 15.5. The van der Waals surface area contributed by atoms with E-state index in [0.29, 0.717) is 18.1 Å². The van der Waals surface area contributed by atoms with Crippen molar-refractivity contribution in [2.24, 2.45) is 5.92 Å². The van der Waals surface area contributed by atoms with Crippen molar-refractivity contribution in [1.29, 1.82) is 0 Å². The predicted octanol–water partition coefficient (Wildman–Crippen LogP) is 3.53. The van der Waals surface area contributed by atoms with Crippen molar-refractivity contribution in [3.05, 3.63) is 47.0 Å². The number of ether oxygens (including phenoxy) is 1. The summed E-state index contributed by atoms with van der Waals surface area (Å²) in [6.45, 7) is 7.82. The monoisotopic (exact) mass is 389 g/mol. The van der Waals surface area contributed by atoms with Crippen LogP contribution in [0, 0.1) is 5.92 Å². The summed E-state index contributed by atoms with van der Waals surface area (Å²) in [5.41, 5.74) is 1.60. The van der Waals surface area contributed by atoms with Crippen LogP contribution >= 0.6 is 11.3 Å². The first-order valence-corrected chi connectivity index (χ1v) is 10.1. The maximum absolute atomic E-state index is 11.8. The molecular formula is C20H27N3O3S. The van der Waals surface area contributed by atoms with E-state index in [1.807, 2.05) is 44.4 Å². The second-order valence-electron chi connectivity index (χ2n) is 7.98. The number of aliphatic hydroxyl groups excluding tert-OH is 1. The number of amides is 1. The van der Waals surface area contributed by atoms with Crippen molar-refractivity contribution in [3.63, 3.8) is 0 Å². The van der Waals surface area contributed by atoms with E-state index >= 15 is 0 Å². The molecule has 0 unspecified atom stereocenters. The zero-order valence-electron chi connectivity index (χ0n) is 16.0. The summed E-state index contributed by atoms with van der Waals surface area (Å²) in [7, 11) is 0. The van der Waals surface area contributed by atoms with Crippen LogP contribution < -0.4 is 5.32 Å². The topological polar surface area (TPSA) is 74.7 Å². The van der Waals surface area contributed by atoms with E-state index in [-0.39, 0.29) is 12.0 Å². The van der Waals surface area contributed by atoms with Gasteiger partial charge in [-0.3, -0.25) is 10.2 Å². The molecule has 3 rings (SSSR count). The Morgan fingerprint density at radius 1 is 1.33 bits per heavy atom. The van der Waals surface area contributed by atoms with Gasteiger partial charge in [-0.05, 0) is 32.8 Å². The van der Waals surface area contributed by atoms with Crippen molar-refractivity contribution in [1.82, 2.24) is 9.88 Å². The molecular weight excluding hydrogens is 362 g/mol. The molecule has 1 fully saturated rings. The minimum absolute atomic E-state index is 0.144. The van der Waals surface area contributed by atoms with Crippen LogP contribution in [-0.2, 0) is 17.7 Å². The molecule has 146 valence electrons. The maximum Gasteiger partial charge on any atom is 0.413 e. The van der Waals surface area contributed by atoms with E-state index in [0.717, 1.165) is 18.8 Å². The number of nitrogens with one attached hydrogen (secondary N) is 1. The number of aromatic nitrogens is 1. The number of carbonyl (C=O) groups excluding carboxylic acids is 1. The van der Waals surface area contributed by atoms with Gasteiger partial charge in [0.15, 0.2) is 5.13 Å². The summed E-state index contributed by atoms with van der Waals surface area (Å²) in [4.78, 5) is 18.6. The molecule has 0 bridgehead atoms. The molecule has 1 aromatic carbocycles. The molecule has 0 radical (unpaired) electrons. The van der Waals surface area contributed by atoms with Crippen molar-refractivity contribution in [3.8, 4) is 0 Å². The summed E-state index contributed by atoms with van der Waals surface area (Å²) in [6, 6.07) is 10.3. The molecule has 1 saturated heterocycles. The number of carbonyl (C=O) groups is 1. The lowest BCUT2D eigenvalue weighted by Crippen LogP contribution is -2.27. The van der Waals surface area contributed by atoms with Gasteiger partial charge in [0.05, 0.1) is 11.8 Å². The molecule has 2 heterocycles. The minimum atomic E-state index is -0.541. The molecule has 2 aromatic rings. The highest BCUT2D eigenvalue weighted by atomic mass is 32.1. The third-order valence-corrected chi connectivity index (χ3v) is 5.17. The Bertz CT molecular complexity index is 757. The standard InChI is InChI=1S/C20H27N3O3S/c1-20(2,3)26-19(25)22-18-21-16(13-27-18)9-15-11-23(12-17(15)24)10-14-7-5-4-6-8-14/h4-8,13,15,17,24H,9-12H2,1-3H3,(H,21,22,25)/t15-,17-/m0/s1. The first-order valence-electron chi connectivity index (χ1n) is 9.17. The maximum atomic E-state index is 11.8. The van der Waals surface area contributed by atoms with Crippen LogP contribution in [0.1, 0.15) is 32.0 Å². The molecule has 2 N–H and O–H groups in total. The number of thiazole rings is 1. The fourth-order valence-electron chi connectivity index (χ4n) is 3.23. The highest BCUT2D eigenvalue weighted by Gasteiger charge is 2.31. The Morgan fingerprint density at radius 3 is 2.78 bits per heavy atom. The number of rotatable bonds is 5. The summed E-state index contributed by atoms with van der Waals surface area (Å²) in [6.07, 6.45) is -0.171. The minimum Gasteiger partial charge on any atom is -0.444 e. The van der Waals surface area contributed by atoms with Gasteiger partial charge in [0.2, 0.25) is 0 Å². The van der Waals surface area contributed by atoms with E-state index in [9.17, 15) is 9.90 Å². The first kappa shape index (κ1) is 19.8. The van der Waals surface area contributed by atoms with Crippen LogP contribution in [0.5, 0.6) is 0 Å². The van der Waals surface area contributed by atoms with E-state index in [1.165, 1.54) is 16.9 Å². The van der Waals surface area contributed by atoms with Crippen LogP contribution in [0.3, 0.4) is 0 Å². The van der Waals surface area contributed by atoms with Gasteiger partial charge in [0, 0.05) is 30.9 Å². The van der Waals surface area contributed by atoms with Gasteiger partial charge in [0.25, 0.3) is 0 Å². The van der Waals surface area contributed by atoms with Gasteiger partial charge in [-0.25, -0.2) is 9.78 Å². The van der Waals surface area contributed by atoms with Crippen LogP contribution in [0.2, 0.25) is 0 Å². The average Bonchev–Trinajstić information content (AvgIpc) is 3.13. The third kappa shape index (κ3) is 6.02. The highest BCUT2D eigenvalue weighted by Crippen LogP contribution is 2.25. The average molecular weight is 390 g/mol. The van der Waals surface area contributed by atoms with Gasteiger partial charge in [-0.15, -0.1) is 11.3 Å². The SMILES string of the molecule is CC(C)(C)OC(=O)Nc1nc(C[C@H]2CN(Cc3ccccc3)C[C@@H]2O)cs1. The Kier molecular flexibility index (Phi) is 6.14. The Labute approximate surface area is 164 Å². The predicted molar refractivity (Wildman–Crippen MR) is 107 cm³/mol. The van der Waals surface area contributed by atoms with Gasteiger partial charge in [-0.1, -0.05) is 30.3 Å². The Hall–Kier alpha value is -1.96. The quantitative estimate of drug-likeness (QED) is 0.818. The molecule has 0 saturated carbocycles. The smallest absolute Gasteiger partial charge is 0.413 e. The summed E-state index contributed by atoms with van der Waals surface area (Å²) >= 11 is 1.37. The lowest BCUT2D eigenvalue weighted by molar-refractivity contribution is 0.0636. The second kappa shape index (κ2) is 8.37. The number of nitrogens with zero attached hydrogens (tertiary/aromatic N) is 2. The van der Waals surface area contributed by atoms with E-state index in [4.69, 9.17) is 4.74 Å². The van der Waals surface area contributed by atoms with Crippen LogP contribution in [0.4, 0.5) is 9.93 Å². The van der Waals surface area contributed by atoms with Crippen molar-refractivity contribution < 1.29 is 14.6 Å². The molecule has 7 heteroatoms. The zero-order valence-corrected chi connectivity index (χ0v) is 16.8. The number of aliphatic hydroxyl groups is 1. The zero-order chi connectivity index (χ0) is 19.4. The lowest BCUT2D eigenvalue weighted by atomic mass is 10.0. The van der Waals surface area contributed by atoms with Gasteiger partial charge >= 0.3 is 6.09 Å². The van der Waals surface area contributed by atoms with Gasteiger partial charge in [0.1, 0.15) is 5.60 Å². The fourth-order valence-corrected chi connectivity index (χ4v) is 3.94. The number of β-amino-alcohol motifs (C(OH)–C–C–N with tert-alkyl or cyclic N) is 1. The van der Waals surface area contributed by atoms with Crippen LogP contribution in [-0.4, -0.2) is 45.9 Å². The highest BCUT2D eigenvalue weighted by molar-refractivity contribution is 7.13. The summed E-state index contributed by atoms with van der Waals surface area (Å²) in [5.74, 6) is 0.144. The van der Waals surface area contributed by atoms with Gasteiger partial charge in [-0.2, -0.15) is 0 Å². The number of anilines is 1. The third-order valence-electron chi connectivity index (χ3n) is 4.36. The number of benzene rings is 1. The Balaban J connectivity index is 1.52. The molecule has 27 heavy (non-hydrogen) atoms. The van der Waals surface area contributed by atoms with Crippen molar-refractivity contribution >= 4 is 22.6 Å². The molecule has 6 nitrogen and oxygen atoms in total.